The molecule has 2 rings (SSSR count). The minimum Gasteiger partial charge on any atom is -0.358 e. The van der Waals surface area contributed by atoms with Crippen molar-refractivity contribution in [2.45, 2.75) is 6.54 Å². The highest BCUT2D eigenvalue weighted by molar-refractivity contribution is 6.29. The quantitative estimate of drug-likeness (QED) is 0.800. The Morgan fingerprint density at radius 1 is 1.56 bits per heavy atom. The van der Waals surface area contributed by atoms with Crippen LogP contribution >= 0.6 is 11.6 Å². The molecule has 2 aromatic heterocycles. The molecule has 0 aliphatic rings. The van der Waals surface area contributed by atoms with Gasteiger partial charge in [-0.3, -0.25) is 9.48 Å². The third-order valence-electron chi connectivity index (χ3n) is 2.10. The summed E-state index contributed by atoms with van der Waals surface area (Å²) in [6.07, 6.45) is 4.80. The van der Waals surface area contributed by atoms with Gasteiger partial charge < -0.3 is 10.6 Å². The van der Waals surface area contributed by atoms with Crippen LogP contribution in [0.3, 0.4) is 0 Å². The number of carbonyl (C=O) groups is 1. The van der Waals surface area contributed by atoms with Crippen LogP contribution in [0.15, 0.2) is 24.7 Å². The lowest BCUT2D eigenvalue weighted by atomic mass is 10.5. The smallest absolute Gasteiger partial charge is 0.241 e. The van der Waals surface area contributed by atoms with E-state index in [-0.39, 0.29) is 12.5 Å². The van der Waals surface area contributed by atoms with Crippen molar-refractivity contribution in [2.75, 3.05) is 12.4 Å². The Morgan fingerprint density at radius 2 is 2.39 bits per heavy atom. The Hall–Kier alpha value is -2.15. The minimum atomic E-state index is -0.122. The van der Waals surface area contributed by atoms with Gasteiger partial charge in [0, 0.05) is 19.4 Å². The predicted octanol–water partition coefficient (Wildman–Crippen LogP) is 0.816. The fourth-order valence-electron chi connectivity index (χ4n) is 1.27. The Kier molecular flexibility index (Phi) is 3.73. The summed E-state index contributed by atoms with van der Waals surface area (Å²) < 4.78 is 1.51. The van der Waals surface area contributed by atoms with E-state index in [0.717, 1.165) is 0 Å². The Morgan fingerprint density at radius 3 is 3.11 bits per heavy atom. The van der Waals surface area contributed by atoms with Crippen molar-refractivity contribution in [2.24, 2.45) is 0 Å². The van der Waals surface area contributed by atoms with Crippen LogP contribution in [0.5, 0.6) is 0 Å². The molecule has 0 radical (unpaired) electrons. The summed E-state index contributed by atoms with van der Waals surface area (Å²) >= 11 is 5.74. The summed E-state index contributed by atoms with van der Waals surface area (Å²) in [6, 6.07) is 1.59. The average molecular weight is 267 g/mol. The fraction of sp³-hybridized carbons (Fsp3) is 0.200. The molecule has 8 heteroatoms. The standard InChI is InChI=1S/C10H11ClN6O/c1-12-9(18)6-17-5-7(4-14-17)15-10-13-3-2-8(11)16-10/h2-5H,6H2,1H3,(H,12,18)(H,13,15,16). The molecule has 7 nitrogen and oxygen atoms in total. The number of likely N-dealkylation sites (N-methyl/N-ethyl adjacent to an activating group) is 1. The molecular weight excluding hydrogens is 256 g/mol. The highest BCUT2D eigenvalue weighted by Gasteiger charge is 2.04. The summed E-state index contributed by atoms with van der Waals surface area (Å²) in [4.78, 5) is 19.1. The van der Waals surface area contributed by atoms with Crippen LogP contribution in [0.25, 0.3) is 0 Å². The molecule has 2 heterocycles. The summed E-state index contributed by atoms with van der Waals surface area (Å²) in [5.74, 6) is 0.255. The second-order valence-corrected chi connectivity index (χ2v) is 3.81. The second-order valence-electron chi connectivity index (χ2n) is 3.43. The summed E-state index contributed by atoms with van der Waals surface area (Å²) in [5, 5.41) is 9.83. The van der Waals surface area contributed by atoms with Crippen LogP contribution in [-0.2, 0) is 11.3 Å². The van der Waals surface area contributed by atoms with Crippen molar-refractivity contribution < 1.29 is 4.79 Å². The third kappa shape index (κ3) is 3.17. The SMILES string of the molecule is CNC(=O)Cn1cc(Nc2nccc(Cl)n2)cn1. The lowest BCUT2D eigenvalue weighted by molar-refractivity contribution is -0.121. The number of nitrogens with zero attached hydrogens (tertiary/aromatic N) is 4. The van der Waals surface area contributed by atoms with Crippen molar-refractivity contribution in [1.82, 2.24) is 25.1 Å². The van der Waals surface area contributed by atoms with E-state index in [1.54, 1.807) is 31.7 Å². The van der Waals surface area contributed by atoms with Crippen LogP contribution in [0, 0.1) is 0 Å². The van der Waals surface area contributed by atoms with Crippen LogP contribution in [-0.4, -0.2) is 32.7 Å². The van der Waals surface area contributed by atoms with E-state index in [9.17, 15) is 4.79 Å². The summed E-state index contributed by atoms with van der Waals surface area (Å²) in [6.45, 7) is 0.161. The summed E-state index contributed by atoms with van der Waals surface area (Å²) in [7, 11) is 1.57. The molecule has 0 unspecified atom stereocenters. The van der Waals surface area contributed by atoms with E-state index >= 15 is 0 Å². The molecule has 0 saturated carbocycles. The molecule has 94 valence electrons. The number of hydrogen-bond donors (Lipinski definition) is 2. The Balaban J connectivity index is 2.04. The lowest BCUT2D eigenvalue weighted by Crippen LogP contribution is -2.23. The van der Waals surface area contributed by atoms with Gasteiger partial charge in [-0.2, -0.15) is 5.10 Å². The highest BCUT2D eigenvalue weighted by atomic mass is 35.5. The van der Waals surface area contributed by atoms with Crippen molar-refractivity contribution in [3.05, 3.63) is 29.8 Å². The van der Waals surface area contributed by atoms with Gasteiger partial charge in [0.2, 0.25) is 11.9 Å². The number of carbonyl (C=O) groups excluding carboxylic acids is 1. The first-order valence-corrected chi connectivity index (χ1v) is 5.54. The molecule has 0 fully saturated rings. The van der Waals surface area contributed by atoms with Gasteiger partial charge in [0.05, 0.1) is 11.9 Å². The maximum atomic E-state index is 11.2. The number of amides is 1. The second kappa shape index (κ2) is 5.46. The minimum absolute atomic E-state index is 0.122. The highest BCUT2D eigenvalue weighted by Crippen LogP contribution is 2.12. The van der Waals surface area contributed by atoms with Gasteiger partial charge in [-0.25, -0.2) is 9.97 Å². The maximum Gasteiger partial charge on any atom is 0.241 e. The molecule has 18 heavy (non-hydrogen) atoms. The number of nitrogens with one attached hydrogen (secondary N) is 2. The largest absolute Gasteiger partial charge is 0.358 e. The fourth-order valence-corrected chi connectivity index (χ4v) is 1.40. The van der Waals surface area contributed by atoms with E-state index in [1.165, 1.54) is 4.68 Å². The van der Waals surface area contributed by atoms with E-state index in [2.05, 4.69) is 25.7 Å². The molecule has 1 amide bonds. The van der Waals surface area contributed by atoms with Gasteiger partial charge in [-0.15, -0.1) is 0 Å². The van der Waals surface area contributed by atoms with Crippen LogP contribution in [0.4, 0.5) is 11.6 Å². The van der Waals surface area contributed by atoms with Gasteiger partial charge in [-0.05, 0) is 6.07 Å². The molecule has 0 aliphatic heterocycles. The van der Waals surface area contributed by atoms with Crippen LogP contribution in [0.1, 0.15) is 0 Å². The van der Waals surface area contributed by atoms with Crippen molar-refractivity contribution in [1.29, 1.82) is 0 Å². The topological polar surface area (TPSA) is 84.7 Å². The van der Waals surface area contributed by atoms with Gasteiger partial charge >= 0.3 is 0 Å². The Bertz CT molecular complexity index is 555. The van der Waals surface area contributed by atoms with Gasteiger partial charge in [-0.1, -0.05) is 11.6 Å². The van der Waals surface area contributed by atoms with E-state index in [1.807, 2.05) is 0 Å². The Labute approximate surface area is 108 Å². The molecule has 0 bridgehead atoms. The van der Waals surface area contributed by atoms with Gasteiger partial charge in [0.25, 0.3) is 0 Å². The maximum absolute atomic E-state index is 11.2. The number of hydrogen-bond acceptors (Lipinski definition) is 5. The first-order valence-electron chi connectivity index (χ1n) is 5.16. The zero-order valence-electron chi connectivity index (χ0n) is 9.59. The molecule has 0 spiro atoms. The number of aromatic nitrogens is 4. The van der Waals surface area contributed by atoms with E-state index in [4.69, 9.17) is 11.6 Å². The van der Waals surface area contributed by atoms with E-state index in [0.29, 0.717) is 16.8 Å². The molecular formula is C10H11ClN6O. The number of halogens is 1. The molecule has 2 aromatic rings. The zero-order valence-corrected chi connectivity index (χ0v) is 10.3. The van der Waals surface area contributed by atoms with Crippen molar-refractivity contribution in [3.63, 3.8) is 0 Å². The molecule has 0 atom stereocenters. The van der Waals surface area contributed by atoms with Gasteiger partial charge in [0.1, 0.15) is 11.7 Å². The molecule has 2 N–H and O–H groups in total. The molecule has 0 aliphatic carbocycles. The van der Waals surface area contributed by atoms with Crippen molar-refractivity contribution >= 4 is 29.1 Å². The van der Waals surface area contributed by atoms with Crippen molar-refractivity contribution in [3.8, 4) is 0 Å². The predicted molar refractivity (Wildman–Crippen MR) is 66.6 cm³/mol. The molecule has 0 aromatic carbocycles. The van der Waals surface area contributed by atoms with Crippen LogP contribution < -0.4 is 10.6 Å². The first kappa shape index (κ1) is 12.3. The monoisotopic (exact) mass is 266 g/mol. The van der Waals surface area contributed by atoms with E-state index < -0.39 is 0 Å². The first-order chi connectivity index (χ1) is 8.67. The number of anilines is 2. The molecule has 0 saturated heterocycles. The average Bonchev–Trinajstić information content (AvgIpc) is 2.76. The summed E-state index contributed by atoms with van der Waals surface area (Å²) in [5.41, 5.74) is 0.682. The normalized spacial score (nSPS) is 10.1. The lowest BCUT2D eigenvalue weighted by Gasteiger charge is -2.01. The van der Waals surface area contributed by atoms with Gasteiger partial charge in [0.15, 0.2) is 0 Å². The zero-order chi connectivity index (χ0) is 13.0. The van der Waals surface area contributed by atoms with Crippen LogP contribution in [0.2, 0.25) is 5.15 Å². The third-order valence-corrected chi connectivity index (χ3v) is 2.31. The number of rotatable bonds is 4.